The Morgan fingerprint density at radius 1 is 0.907 bits per heavy atom. The van der Waals surface area contributed by atoms with Crippen LogP contribution in [0.3, 0.4) is 0 Å². The van der Waals surface area contributed by atoms with Crippen molar-refractivity contribution in [1.82, 2.24) is 0 Å². The molecule has 0 saturated carbocycles. The van der Waals surface area contributed by atoms with Gasteiger partial charge in [0.05, 0.1) is 17.2 Å². The maximum atomic E-state index is 14.1. The Morgan fingerprint density at radius 2 is 1.58 bits per heavy atom. The Labute approximate surface area is 252 Å². The lowest BCUT2D eigenvalue weighted by Crippen LogP contribution is -2.37. The number of halogens is 1. The van der Waals surface area contributed by atoms with E-state index in [2.05, 4.69) is 5.32 Å². The molecule has 218 valence electrons. The minimum atomic E-state index is -4.52. The van der Waals surface area contributed by atoms with E-state index in [-0.39, 0.29) is 45.4 Å². The van der Waals surface area contributed by atoms with Gasteiger partial charge in [-0.15, -0.1) is 0 Å². The molecule has 1 N–H and O–H groups in total. The monoisotopic (exact) mass is 616 g/mol. The van der Waals surface area contributed by atoms with E-state index in [1.165, 1.54) is 73.7 Å². The van der Waals surface area contributed by atoms with Crippen molar-refractivity contribution in [3.63, 3.8) is 0 Å². The minimum absolute atomic E-state index is 0.0376. The van der Waals surface area contributed by atoms with Crippen LogP contribution < -0.4 is 9.62 Å². The topological polar surface area (TPSA) is 123 Å². The second-order valence-corrected chi connectivity index (χ2v) is 11.6. The first kappa shape index (κ1) is 29.6. The SMILES string of the molecule is CCOC(=O)c1c(-c2ccccc2)oc2ccc(N(C(=O)c3ccc(Cl)cc3)S(=O)(=O)c3ccc(NC(C)=O)cc3)cc12. The molecule has 0 aliphatic rings. The number of sulfonamides is 1. The van der Waals surface area contributed by atoms with Crippen molar-refractivity contribution in [2.45, 2.75) is 18.7 Å². The zero-order valence-corrected chi connectivity index (χ0v) is 24.6. The van der Waals surface area contributed by atoms with Crippen molar-refractivity contribution in [3.05, 3.63) is 113 Å². The maximum absolute atomic E-state index is 14.1. The molecule has 0 radical (unpaired) electrons. The molecule has 0 spiro atoms. The van der Waals surface area contributed by atoms with Crippen molar-refractivity contribution < 1.29 is 32.0 Å². The highest BCUT2D eigenvalue weighted by atomic mass is 35.5. The van der Waals surface area contributed by atoms with Crippen LogP contribution in [0.1, 0.15) is 34.6 Å². The summed E-state index contributed by atoms with van der Waals surface area (Å²) in [5.41, 5.74) is 1.41. The van der Waals surface area contributed by atoms with Crippen molar-refractivity contribution in [2.75, 3.05) is 16.2 Å². The minimum Gasteiger partial charge on any atom is -0.462 e. The van der Waals surface area contributed by atoms with Crippen molar-refractivity contribution in [1.29, 1.82) is 0 Å². The summed E-state index contributed by atoms with van der Waals surface area (Å²) < 4.78 is 40.3. The molecule has 11 heteroatoms. The molecule has 0 fully saturated rings. The largest absolute Gasteiger partial charge is 0.462 e. The van der Waals surface area contributed by atoms with E-state index in [0.29, 0.717) is 26.2 Å². The molecule has 0 bridgehead atoms. The zero-order chi connectivity index (χ0) is 30.7. The molecular formula is C32H25ClN2O7S. The Morgan fingerprint density at radius 3 is 2.21 bits per heavy atom. The van der Waals surface area contributed by atoms with Gasteiger partial charge < -0.3 is 14.5 Å². The van der Waals surface area contributed by atoms with Gasteiger partial charge in [-0.25, -0.2) is 13.2 Å². The molecule has 5 rings (SSSR count). The molecule has 0 aliphatic carbocycles. The van der Waals surface area contributed by atoms with Crippen LogP contribution in [-0.2, 0) is 19.6 Å². The van der Waals surface area contributed by atoms with E-state index >= 15 is 0 Å². The van der Waals surface area contributed by atoms with Gasteiger partial charge in [-0.3, -0.25) is 9.59 Å². The number of nitrogens with one attached hydrogen (secondary N) is 1. The standard InChI is InChI=1S/C32H25ClN2O7S/c1-3-41-32(38)29-27-19-25(15-18-28(27)42-30(29)21-7-5-4-6-8-21)35(31(37)22-9-11-23(33)12-10-22)43(39,40)26-16-13-24(14-17-26)34-20(2)36/h4-19H,3H2,1-2H3,(H,34,36). The first-order valence-electron chi connectivity index (χ1n) is 13.1. The molecule has 4 aromatic carbocycles. The number of esters is 1. The average Bonchev–Trinajstić information content (AvgIpc) is 3.37. The van der Waals surface area contributed by atoms with Gasteiger partial charge >= 0.3 is 5.97 Å². The number of ether oxygens (including phenoxy) is 1. The number of rotatable bonds is 8. The summed E-state index contributed by atoms with van der Waals surface area (Å²) in [6.07, 6.45) is 0. The fourth-order valence-corrected chi connectivity index (χ4v) is 6.04. The predicted molar refractivity (Wildman–Crippen MR) is 164 cm³/mol. The summed E-state index contributed by atoms with van der Waals surface area (Å²) in [7, 11) is -4.52. The summed E-state index contributed by atoms with van der Waals surface area (Å²) >= 11 is 6.01. The van der Waals surface area contributed by atoms with Crippen LogP contribution in [0.4, 0.5) is 11.4 Å². The van der Waals surface area contributed by atoms with E-state index in [1.807, 2.05) is 6.07 Å². The molecule has 2 amide bonds. The van der Waals surface area contributed by atoms with Gasteiger partial charge in [-0.1, -0.05) is 41.9 Å². The fraction of sp³-hybridized carbons (Fsp3) is 0.0938. The third-order valence-electron chi connectivity index (χ3n) is 6.41. The number of carbonyl (C=O) groups excluding carboxylic acids is 3. The summed E-state index contributed by atoms with van der Waals surface area (Å²) in [6.45, 7) is 3.10. The molecule has 0 atom stereocenters. The number of furan rings is 1. The quantitative estimate of drug-likeness (QED) is 0.188. The number of amides is 2. The number of fused-ring (bicyclic) bond motifs is 1. The number of nitrogens with zero attached hydrogens (tertiary/aromatic N) is 1. The third kappa shape index (κ3) is 6.01. The van der Waals surface area contributed by atoms with Gasteiger partial charge in [-0.05, 0) is 73.7 Å². The molecule has 43 heavy (non-hydrogen) atoms. The number of anilines is 2. The summed E-state index contributed by atoms with van der Waals surface area (Å²) in [6, 6.07) is 24.5. The fourth-order valence-electron chi connectivity index (χ4n) is 4.50. The van der Waals surface area contributed by atoms with Gasteiger partial charge in [-0.2, -0.15) is 4.31 Å². The van der Waals surface area contributed by atoms with E-state index in [4.69, 9.17) is 20.8 Å². The number of benzene rings is 4. The zero-order valence-electron chi connectivity index (χ0n) is 23.0. The molecule has 1 aromatic heterocycles. The summed E-state index contributed by atoms with van der Waals surface area (Å²) in [5, 5.41) is 3.21. The maximum Gasteiger partial charge on any atom is 0.342 e. The van der Waals surface area contributed by atoms with Gasteiger partial charge in [0.2, 0.25) is 5.91 Å². The first-order chi connectivity index (χ1) is 20.6. The molecule has 0 unspecified atom stereocenters. The molecule has 0 aliphatic heterocycles. The van der Waals surface area contributed by atoms with E-state index in [9.17, 15) is 22.8 Å². The second kappa shape index (κ2) is 12.1. The van der Waals surface area contributed by atoms with Crippen LogP contribution >= 0.6 is 11.6 Å². The molecular weight excluding hydrogens is 592 g/mol. The lowest BCUT2D eigenvalue weighted by atomic mass is 10.1. The van der Waals surface area contributed by atoms with Crippen molar-refractivity contribution in [2.24, 2.45) is 0 Å². The van der Waals surface area contributed by atoms with E-state index in [0.717, 1.165) is 0 Å². The van der Waals surface area contributed by atoms with E-state index in [1.54, 1.807) is 31.2 Å². The van der Waals surface area contributed by atoms with Crippen LogP contribution in [0.25, 0.3) is 22.3 Å². The molecule has 5 aromatic rings. The van der Waals surface area contributed by atoms with Crippen LogP contribution in [0.5, 0.6) is 0 Å². The second-order valence-electron chi connectivity index (χ2n) is 9.36. The third-order valence-corrected chi connectivity index (χ3v) is 8.39. The van der Waals surface area contributed by atoms with Crippen molar-refractivity contribution >= 4 is 61.8 Å². The number of hydrogen-bond donors (Lipinski definition) is 1. The van der Waals surface area contributed by atoms with Crippen LogP contribution in [-0.4, -0.2) is 32.8 Å². The van der Waals surface area contributed by atoms with Gasteiger partial charge in [0.25, 0.3) is 15.9 Å². The van der Waals surface area contributed by atoms with Gasteiger partial charge in [0.15, 0.2) is 0 Å². The van der Waals surface area contributed by atoms with Gasteiger partial charge in [0.1, 0.15) is 16.9 Å². The highest BCUT2D eigenvalue weighted by Gasteiger charge is 2.33. The van der Waals surface area contributed by atoms with Crippen LogP contribution in [0.2, 0.25) is 5.02 Å². The Hall–Kier alpha value is -4.93. The molecule has 1 heterocycles. The highest BCUT2D eigenvalue weighted by molar-refractivity contribution is 7.93. The van der Waals surface area contributed by atoms with E-state index < -0.39 is 21.9 Å². The lowest BCUT2D eigenvalue weighted by molar-refractivity contribution is -0.114. The van der Waals surface area contributed by atoms with Crippen LogP contribution in [0.15, 0.2) is 106 Å². The summed E-state index contributed by atoms with van der Waals surface area (Å²) in [5.74, 6) is -1.59. The Balaban J connectivity index is 1.71. The number of hydrogen-bond acceptors (Lipinski definition) is 7. The summed E-state index contributed by atoms with van der Waals surface area (Å²) in [4.78, 5) is 38.3. The normalized spacial score (nSPS) is 11.2. The number of carbonyl (C=O) groups is 3. The molecule has 9 nitrogen and oxygen atoms in total. The van der Waals surface area contributed by atoms with Crippen molar-refractivity contribution in [3.8, 4) is 11.3 Å². The lowest BCUT2D eigenvalue weighted by Gasteiger charge is -2.23. The Kier molecular flexibility index (Phi) is 8.33. The highest BCUT2D eigenvalue weighted by Crippen LogP contribution is 2.38. The van der Waals surface area contributed by atoms with Crippen LogP contribution in [0, 0.1) is 0 Å². The molecule has 0 saturated heterocycles. The smallest absolute Gasteiger partial charge is 0.342 e. The Bertz CT molecular complexity index is 1940. The first-order valence-corrected chi connectivity index (χ1v) is 14.9. The average molecular weight is 617 g/mol. The predicted octanol–water partition coefficient (Wildman–Crippen LogP) is 6.92. The van der Waals surface area contributed by atoms with Gasteiger partial charge in [0, 0.05) is 34.1 Å².